The topological polar surface area (TPSA) is 65.8 Å². The highest BCUT2D eigenvalue weighted by molar-refractivity contribution is 5.79. The molecule has 0 aromatic heterocycles. The standard InChI is InChI=1S/C17H21N3O3/c1-19(8-6-18)12-17(21)20-7-2-3-14(20)13-4-5-15-16(11-13)23-10-9-22-15/h4-5,11,14H,2-3,7-10,12H2,1H3. The van der Waals surface area contributed by atoms with Crippen molar-refractivity contribution in [1.29, 1.82) is 5.26 Å². The van der Waals surface area contributed by atoms with Crippen LogP contribution >= 0.6 is 0 Å². The molecule has 122 valence electrons. The Kier molecular flexibility index (Phi) is 4.68. The molecule has 0 bridgehead atoms. The number of benzene rings is 1. The maximum absolute atomic E-state index is 12.5. The first-order chi connectivity index (χ1) is 11.2. The van der Waals surface area contributed by atoms with Crippen LogP contribution in [0.2, 0.25) is 0 Å². The number of likely N-dealkylation sites (N-methyl/N-ethyl adjacent to an activating group) is 1. The van der Waals surface area contributed by atoms with Gasteiger partial charge in [-0.05, 0) is 37.6 Å². The van der Waals surface area contributed by atoms with Gasteiger partial charge < -0.3 is 14.4 Å². The number of amides is 1. The molecule has 0 radical (unpaired) electrons. The number of carbonyl (C=O) groups is 1. The second-order valence-electron chi connectivity index (χ2n) is 5.98. The first kappa shape index (κ1) is 15.6. The van der Waals surface area contributed by atoms with Crippen LogP contribution in [0.4, 0.5) is 0 Å². The minimum Gasteiger partial charge on any atom is -0.486 e. The van der Waals surface area contributed by atoms with E-state index < -0.39 is 0 Å². The Bertz CT molecular complexity index is 626. The number of likely N-dealkylation sites (tertiary alicyclic amines) is 1. The van der Waals surface area contributed by atoms with Crippen LogP contribution < -0.4 is 9.47 Å². The minimum absolute atomic E-state index is 0.0696. The number of ether oxygens (including phenoxy) is 2. The van der Waals surface area contributed by atoms with Crippen LogP contribution in [0.25, 0.3) is 0 Å². The van der Waals surface area contributed by atoms with Gasteiger partial charge in [-0.3, -0.25) is 9.69 Å². The molecule has 0 spiro atoms. The predicted octanol–water partition coefficient (Wildman–Crippen LogP) is 1.58. The van der Waals surface area contributed by atoms with E-state index in [1.54, 1.807) is 11.9 Å². The Morgan fingerprint density at radius 3 is 2.96 bits per heavy atom. The van der Waals surface area contributed by atoms with Gasteiger partial charge in [-0.2, -0.15) is 5.26 Å². The number of fused-ring (bicyclic) bond motifs is 1. The zero-order valence-electron chi connectivity index (χ0n) is 13.3. The highest BCUT2D eigenvalue weighted by Crippen LogP contribution is 2.38. The average Bonchev–Trinajstić information content (AvgIpc) is 3.04. The van der Waals surface area contributed by atoms with E-state index in [4.69, 9.17) is 14.7 Å². The summed E-state index contributed by atoms with van der Waals surface area (Å²) in [4.78, 5) is 16.2. The fraction of sp³-hybridized carbons (Fsp3) is 0.529. The molecule has 23 heavy (non-hydrogen) atoms. The first-order valence-corrected chi connectivity index (χ1v) is 7.93. The largest absolute Gasteiger partial charge is 0.486 e. The zero-order chi connectivity index (χ0) is 16.2. The third kappa shape index (κ3) is 3.40. The van der Waals surface area contributed by atoms with Crippen molar-refractivity contribution in [3.63, 3.8) is 0 Å². The lowest BCUT2D eigenvalue weighted by Gasteiger charge is -2.28. The van der Waals surface area contributed by atoms with Gasteiger partial charge in [-0.25, -0.2) is 0 Å². The van der Waals surface area contributed by atoms with Crippen molar-refractivity contribution >= 4 is 5.91 Å². The van der Waals surface area contributed by atoms with E-state index in [0.717, 1.165) is 36.4 Å². The summed E-state index contributed by atoms with van der Waals surface area (Å²) in [7, 11) is 1.79. The molecule has 1 aromatic carbocycles. The van der Waals surface area contributed by atoms with Crippen molar-refractivity contribution in [2.45, 2.75) is 18.9 Å². The number of hydrogen-bond acceptors (Lipinski definition) is 5. The maximum atomic E-state index is 12.5. The van der Waals surface area contributed by atoms with Crippen LogP contribution in [-0.2, 0) is 4.79 Å². The lowest BCUT2D eigenvalue weighted by Crippen LogP contribution is -2.38. The summed E-state index contributed by atoms with van der Waals surface area (Å²) in [6, 6.07) is 8.07. The van der Waals surface area contributed by atoms with Gasteiger partial charge in [-0.15, -0.1) is 0 Å². The molecule has 1 unspecified atom stereocenters. The fourth-order valence-corrected chi connectivity index (χ4v) is 3.18. The molecule has 2 heterocycles. The van der Waals surface area contributed by atoms with E-state index in [2.05, 4.69) is 6.07 Å². The van der Waals surface area contributed by atoms with E-state index in [-0.39, 0.29) is 25.0 Å². The van der Waals surface area contributed by atoms with Gasteiger partial charge >= 0.3 is 0 Å². The lowest BCUT2D eigenvalue weighted by atomic mass is 10.0. The second kappa shape index (κ2) is 6.88. The second-order valence-corrected chi connectivity index (χ2v) is 5.98. The van der Waals surface area contributed by atoms with Crippen molar-refractivity contribution in [2.24, 2.45) is 0 Å². The SMILES string of the molecule is CN(CC#N)CC(=O)N1CCCC1c1ccc2c(c1)OCCO2. The summed E-state index contributed by atoms with van der Waals surface area (Å²) < 4.78 is 11.2. The Labute approximate surface area is 136 Å². The summed E-state index contributed by atoms with van der Waals surface area (Å²) in [6.45, 7) is 2.43. The Hall–Kier alpha value is -2.26. The predicted molar refractivity (Wildman–Crippen MR) is 84.2 cm³/mol. The van der Waals surface area contributed by atoms with Gasteiger partial charge in [0.25, 0.3) is 0 Å². The number of rotatable bonds is 4. The lowest BCUT2D eigenvalue weighted by molar-refractivity contribution is -0.132. The van der Waals surface area contributed by atoms with E-state index in [0.29, 0.717) is 13.2 Å². The Morgan fingerprint density at radius 2 is 2.17 bits per heavy atom. The molecule has 1 amide bonds. The third-order valence-electron chi connectivity index (χ3n) is 4.27. The molecule has 1 atom stereocenters. The molecule has 1 aromatic rings. The maximum Gasteiger partial charge on any atom is 0.237 e. The van der Waals surface area contributed by atoms with E-state index in [9.17, 15) is 4.79 Å². The number of nitriles is 1. The number of carbonyl (C=O) groups excluding carboxylic acids is 1. The normalized spacial score (nSPS) is 19.7. The van der Waals surface area contributed by atoms with Gasteiger partial charge in [0.2, 0.25) is 5.91 Å². The van der Waals surface area contributed by atoms with Gasteiger partial charge in [0.1, 0.15) is 13.2 Å². The molecular weight excluding hydrogens is 294 g/mol. The van der Waals surface area contributed by atoms with Crippen LogP contribution in [0.1, 0.15) is 24.4 Å². The van der Waals surface area contributed by atoms with Crippen LogP contribution in [-0.4, -0.2) is 55.6 Å². The van der Waals surface area contributed by atoms with Crippen molar-refractivity contribution < 1.29 is 14.3 Å². The third-order valence-corrected chi connectivity index (χ3v) is 4.27. The molecule has 1 saturated heterocycles. The van der Waals surface area contributed by atoms with Gasteiger partial charge in [0.05, 0.1) is 25.2 Å². The molecule has 0 saturated carbocycles. The summed E-state index contributed by atoms with van der Waals surface area (Å²) in [5.41, 5.74) is 1.09. The molecule has 3 rings (SSSR count). The summed E-state index contributed by atoms with van der Waals surface area (Å²) >= 11 is 0. The smallest absolute Gasteiger partial charge is 0.237 e. The monoisotopic (exact) mass is 315 g/mol. The molecule has 0 N–H and O–H groups in total. The molecule has 1 fully saturated rings. The average molecular weight is 315 g/mol. The first-order valence-electron chi connectivity index (χ1n) is 7.93. The van der Waals surface area contributed by atoms with Crippen LogP contribution in [0.3, 0.4) is 0 Å². The van der Waals surface area contributed by atoms with Crippen molar-refractivity contribution in [3.8, 4) is 17.6 Å². The molecular formula is C17H21N3O3. The Balaban J connectivity index is 1.74. The van der Waals surface area contributed by atoms with Crippen molar-refractivity contribution in [3.05, 3.63) is 23.8 Å². The summed E-state index contributed by atoms with van der Waals surface area (Å²) in [6.07, 6.45) is 1.94. The highest BCUT2D eigenvalue weighted by atomic mass is 16.6. The van der Waals surface area contributed by atoms with Gasteiger partial charge in [0.15, 0.2) is 11.5 Å². The van der Waals surface area contributed by atoms with E-state index in [1.807, 2.05) is 23.1 Å². The van der Waals surface area contributed by atoms with Crippen molar-refractivity contribution in [1.82, 2.24) is 9.80 Å². The number of hydrogen-bond donors (Lipinski definition) is 0. The van der Waals surface area contributed by atoms with Crippen molar-refractivity contribution in [2.75, 3.05) is 39.9 Å². The molecule has 6 heteroatoms. The van der Waals surface area contributed by atoms with E-state index in [1.165, 1.54) is 0 Å². The molecule has 6 nitrogen and oxygen atoms in total. The minimum atomic E-state index is 0.0696. The quantitative estimate of drug-likeness (QED) is 0.789. The summed E-state index contributed by atoms with van der Waals surface area (Å²) in [5, 5.41) is 8.72. The van der Waals surface area contributed by atoms with Gasteiger partial charge in [-0.1, -0.05) is 6.07 Å². The zero-order valence-corrected chi connectivity index (χ0v) is 13.3. The van der Waals surface area contributed by atoms with Crippen LogP contribution in [0.15, 0.2) is 18.2 Å². The Morgan fingerprint density at radius 1 is 1.39 bits per heavy atom. The molecule has 2 aliphatic rings. The highest BCUT2D eigenvalue weighted by Gasteiger charge is 2.31. The summed E-state index contributed by atoms with van der Waals surface area (Å²) in [5.74, 6) is 1.60. The molecule has 2 aliphatic heterocycles. The van der Waals surface area contributed by atoms with Crippen LogP contribution in [0, 0.1) is 11.3 Å². The number of nitrogens with zero attached hydrogens (tertiary/aromatic N) is 3. The van der Waals surface area contributed by atoms with Gasteiger partial charge in [0, 0.05) is 6.54 Å². The van der Waals surface area contributed by atoms with E-state index >= 15 is 0 Å². The molecule has 0 aliphatic carbocycles. The van der Waals surface area contributed by atoms with Crippen LogP contribution in [0.5, 0.6) is 11.5 Å². The fourth-order valence-electron chi connectivity index (χ4n) is 3.18.